The van der Waals surface area contributed by atoms with Crippen molar-refractivity contribution in [2.24, 2.45) is 0 Å². The van der Waals surface area contributed by atoms with E-state index < -0.39 is 29.2 Å². The number of carbonyl (C=O) groups is 2. The van der Waals surface area contributed by atoms with Crippen molar-refractivity contribution >= 4 is 45.2 Å². The van der Waals surface area contributed by atoms with Crippen LogP contribution in [-0.4, -0.2) is 59.1 Å². The second-order valence-electron chi connectivity index (χ2n) is 9.95. The zero-order valence-electron chi connectivity index (χ0n) is 21.1. The van der Waals surface area contributed by atoms with Crippen molar-refractivity contribution in [1.29, 1.82) is 0 Å². The summed E-state index contributed by atoms with van der Waals surface area (Å²) in [5, 5.41) is 16.4. The highest BCUT2D eigenvalue weighted by molar-refractivity contribution is 9.10. The Kier molecular flexibility index (Phi) is 8.99. The van der Waals surface area contributed by atoms with Crippen LogP contribution in [0.15, 0.2) is 63.3 Å². The number of nitrogen functional groups attached to an aromatic ring is 1. The molecule has 0 unspecified atom stereocenters. The lowest BCUT2D eigenvalue weighted by Crippen LogP contribution is -2.63. The third kappa shape index (κ3) is 7.36. The van der Waals surface area contributed by atoms with Crippen molar-refractivity contribution in [3.8, 4) is 0 Å². The van der Waals surface area contributed by atoms with Gasteiger partial charge in [-0.3, -0.25) is 14.5 Å². The maximum Gasteiger partial charge on any atom is 0.416 e. The number of nitrogens with two attached hydrogens (primary N) is 1. The molecular formula is C27H30BrF3N4O3S. The van der Waals surface area contributed by atoms with Gasteiger partial charge in [0.2, 0.25) is 5.91 Å². The minimum absolute atomic E-state index is 0.0752. The summed E-state index contributed by atoms with van der Waals surface area (Å²) in [6.07, 6.45) is -1.82. The van der Waals surface area contributed by atoms with Crippen molar-refractivity contribution in [2.45, 2.75) is 54.4 Å². The normalized spacial score (nSPS) is 22.1. The quantitative estimate of drug-likeness (QED) is 0.253. The molecule has 5 N–H and O–H groups in total. The molecule has 2 aromatic carbocycles. The van der Waals surface area contributed by atoms with E-state index in [2.05, 4.69) is 38.0 Å². The third-order valence-electron chi connectivity index (χ3n) is 7.16. The number of likely N-dealkylation sites (tertiary alicyclic amines) is 1. The number of nitrogens with one attached hydrogen (secondary N) is 2. The molecule has 2 amide bonds. The first kappa shape index (κ1) is 29.4. The molecule has 1 saturated carbocycles. The number of carbonyl (C=O) groups excluding carboxylic acids is 2. The van der Waals surface area contributed by atoms with E-state index in [0.717, 1.165) is 40.4 Å². The van der Waals surface area contributed by atoms with Crippen molar-refractivity contribution in [1.82, 2.24) is 15.5 Å². The van der Waals surface area contributed by atoms with Gasteiger partial charge in [0.25, 0.3) is 5.91 Å². The average molecular weight is 628 g/mol. The lowest BCUT2D eigenvalue weighted by molar-refractivity contribution is -0.137. The van der Waals surface area contributed by atoms with E-state index >= 15 is 0 Å². The minimum atomic E-state index is -4.55. The number of hydrogen-bond acceptors (Lipinski definition) is 6. The lowest BCUT2D eigenvalue weighted by Gasteiger charge is -2.48. The molecule has 0 spiro atoms. The maximum atomic E-state index is 12.9. The summed E-state index contributed by atoms with van der Waals surface area (Å²) in [4.78, 5) is 28.2. The van der Waals surface area contributed by atoms with E-state index in [9.17, 15) is 27.9 Å². The number of aliphatic hydroxyl groups is 1. The Morgan fingerprint density at radius 1 is 1.18 bits per heavy atom. The van der Waals surface area contributed by atoms with Crippen molar-refractivity contribution in [3.05, 3.63) is 69.5 Å². The standard InChI is InChI=1S/C27H30BrF3N4O3S/c1-16(39-23-12-19(28)5-6-22(23)32)26(38)9-7-21(8-10-26)35-14-20(15-35)34-24(36)13-33-25(37)17-3-2-4-18(11-17)27(29,30)31/h2-6,11-12,20-21,38H,1,7-10,13-15,32H2,(H,33,37)(H,34,36)/t21-,26-. The number of benzene rings is 2. The largest absolute Gasteiger partial charge is 0.416 e. The molecule has 2 aliphatic rings. The molecule has 2 aromatic rings. The van der Waals surface area contributed by atoms with Gasteiger partial charge in [-0.05, 0) is 62.1 Å². The monoisotopic (exact) mass is 626 g/mol. The fourth-order valence-electron chi connectivity index (χ4n) is 4.83. The highest BCUT2D eigenvalue weighted by Crippen LogP contribution is 2.44. The summed E-state index contributed by atoms with van der Waals surface area (Å²) in [5.41, 5.74) is 4.63. The van der Waals surface area contributed by atoms with Crippen LogP contribution in [0.1, 0.15) is 41.6 Å². The van der Waals surface area contributed by atoms with Crippen LogP contribution in [0.2, 0.25) is 0 Å². The highest BCUT2D eigenvalue weighted by atomic mass is 79.9. The fourth-order valence-corrected chi connectivity index (χ4v) is 6.37. The van der Waals surface area contributed by atoms with Gasteiger partial charge in [0, 0.05) is 44.7 Å². The Bertz CT molecular complexity index is 1250. The lowest BCUT2D eigenvalue weighted by atomic mass is 9.80. The van der Waals surface area contributed by atoms with Crippen molar-refractivity contribution in [2.75, 3.05) is 25.4 Å². The zero-order valence-corrected chi connectivity index (χ0v) is 23.5. The first-order chi connectivity index (χ1) is 18.3. The first-order valence-corrected chi connectivity index (χ1v) is 14.1. The van der Waals surface area contributed by atoms with Gasteiger partial charge in [0.05, 0.1) is 23.8 Å². The van der Waals surface area contributed by atoms with Crippen LogP contribution in [-0.2, 0) is 11.0 Å². The molecule has 7 nitrogen and oxygen atoms in total. The topological polar surface area (TPSA) is 108 Å². The van der Waals surface area contributed by atoms with Crippen LogP contribution in [0.4, 0.5) is 18.9 Å². The second-order valence-corrected chi connectivity index (χ2v) is 12.0. The van der Waals surface area contributed by atoms with Crippen LogP contribution in [0.3, 0.4) is 0 Å². The van der Waals surface area contributed by atoms with E-state index in [-0.39, 0.29) is 24.2 Å². The van der Waals surface area contributed by atoms with Gasteiger partial charge >= 0.3 is 6.18 Å². The molecule has 39 heavy (non-hydrogen) atoms. The Balaban J connectivity index is 1.17. The SMILES string of the molecule is C=C(Sc1cc(Br)ccc1N)[C@]1(O)CC[C@H](N2CC(NC(=O)CNC(=O)c3cccc(C(F)(F)F)c3)C2)CC1. The second kappa shape index (κ2) is 11.9. The molecule has 1 aliphatic carbocycles. The van der Waals surface area contributed by atoms with Gasteiger partial charge in [-0.2, -0.15) is 13.2 Å². The summed E-state index contributed by atoms with van der Waals surface area (Å²) >= 11 is 4.83. The molecule has 1 saturated heterocycles. The van der Waals surface area contributed by atoms with E-state index in [0.29, 0.717) is 36.5 Å². The number of nitrogens with zero attached hydrogens (tertiary/aromatic N) is 1. The molecule has 4 rings (SSSR count). The number of thioether (sulfide) groups is 1. The molecule has 210 valence electrons. The first-order valence-electron chi connectivity index (χ1n) is 12.5. The number of halogens is 4. The van der Waals surface area contributed by atoms with Gasteiger partial charge in [0.1, 0.15) is 0 Å². The van der Waals surface area contributed by atoms with E-state index in [4.69, 9.17) is 5.73 Å². The molecular weight excluding hydrogens is 597 g/mol. The van der Waals surface area contributed by atoms with E-state index in [1.54, 1.807) is 0 Å². The predicted octanol–water partition coefficient (Wildman–Crippen LogP) is 4.56. The molecule has 0 atom stereocenters. The Morgan fingerprint density at radius 2 is 1.87 bits per heavy atom. The van der Waals surface area contributed by atoms with Crippen LogP contribution in [0, 0.1) is 0 Å². The molecule has 12 heteroatoms. The number of amides is 2. The van der Waals surface area contributed by atoms with Crippen LogP contribution < -0.4 is 16.4 Å². The summed E-state index contributed by atoms with van der Waals surface area (Å²) in [7, 11) is 0. The molecule has 0 aromatic heterocycles. The van der Waals surface area contributed by atoms with Crippen LogP contribution >= 0.6 is 27.7 Å². The summed E-state index contributed by atoms with van der Waals surface area (Å²) < 4.78 is 39.5. The minimum Gasteiger partial charge on any atom is -0.398 e. The Labute approximate surface area is 237 Å². The van der Waals surface area contributed by atoms with Crippen molar-refractivity contribution in [3.63, 3.8) is 0 Å². The highest BCUT2D eigenvalue weighted by Gasteiger charge is 2.41. The average Bonchev–Trinajstić information content (AvgIpc) is 2.87. The molecule has 1 aliphatic heterocycles. The van der Waals surface area contributed by atoms with Gasteiger partial charge in [-0.25, -0.2) is 0 Å². The fraction of sp³-hybridized carbons (Fsp3) is 0.407. The smallest absolute Gasteiger partial charge is 0.398 e. The third-order valence-corrected chi connectivity index (χ3v) is 8.86. The zero-order chi connectivity index (χ0) is 28.4. The van der Waals surface area contributed by atoms with Crippen LogP contribution in [0.5, 0.6) is 0 Å². The number of alkyl halides is 3. The maximum absolute atomic E-state index is 12.9. The summed E-state index contributed by atoms with van der Waals surface area (Å²) in [5.74, 6) is -1.15. The predicted molar refractivity (Wildman–Crippen MR) is 148 cm³/mol. The molecule has 2 fully saturated rings. The molecule has 0 radical (unpaired) electrons. The number of rotatable bonds is 8. The number of anilines is 1. The van der Waals surface area contributed by atoms with Gasteiger partial charge in [-0.15, -0.1) is 0 Å². The van der Waals surface area contributed by atoms with E-state index in [1.807, 2.05) is 18.2 Å². The summed E-state index contributed by atoms with van der Waals surface area (Å²) in [6.45, 7) is 5.11. The Hall–Kier alpha value is -2.54. The summed E-state index contributed by atoms with van der Waals surface area (Å²) in [6, 6.07) is 9.85. The van der Waals surface area contributed by atoms with E-state index in [1.165, 1.54) is 17.8 Å². The van der Waals surface area contributed by atoms with Gasteiger partial charge in [0.15, 0.2) is 0 Å². The number of hydrogen-bond donors (Lipinski definition) is 4. The molecule has 1 heterocycles. The molecule has 0 bridgehead atoms. The van der Waals surface area contributed by atoms with Gasteiger partial charge < -0.3 is 21.5 Å². The Morgan fingerprint density at radius 3 is 2.54 bits per heavy atom. The van der Waals surface area contributed by atoms with Gasteiger partial charge in [-0.1, -0.05) is 40.3 Å². The van der Waals surface area contributed by atoms with Crippen LogP contribution in [0.25, 0.3) is 0 Å². The van der Waals surface area contributed by atoms with Crippen molar-refractivity contribution < 1.29 is 27.9 Å².